The number of hydrogen-bond donors (Lipinski definition) is 2. The van der Waals surface area contributed by atoms with E-state index in [4.69, 9.17) is 5.11 Å². The summed E-state index contributed by atoms with van der Waals surface area (Å²) in [6.07, 6.45) is 1.89. The SMILES string of the molecule is CCCn1cc(S(=O)(=O)NC(C)C(=O)OC)cc1C(=O)O. The van der Waals surface area contributed by atoms with E-state index in [0.717, 1.165) is 13.2 Å². The van der Waals surface area contributed by atoms with Crippen molar-refractivity contribution in [3.63, 3.8) is 0 Å². The molecule has 1 heterocycles. The maximum absolute atomic E-state index is 12.1. The maximum atomic E-state index is 12.1. The van der Waals surface area contributed by atoms with Crippen LogP contribution in [-0.4, -0.2) is 43.2 Å². The normalized spacial score (nSPS) is 12.9. The molecule has 0 saturated carbocycles. The number of nitrogens with zero attached hydrogens (tertiary/aromatic N) is 1. The minimum Gasteiger partial charge on any atom is -0.477 e. The van der Waals surface area contributed by atoms with Crippen molar-refractivity contribution >= 4 is 22.0 Å². The molecule has 1 atom stereocenters. The van der Waals surface area contributed by atoms with Crippen LogP contribution in [0.3, 0.4) is 0 Å². The van der Waals surface area contributed by atoms with Crippen LogP contribution in [0.4, 0.5) is 0 Å². The summed E-state index contributed by atoms with van der Waals surface area (Å²) in [7, 11) is -2.86. The van der Waals surface area contributed by atoms with Gasteiger partial charge in [0.15, 0.2) is 0 Å². The monoisotopic (exact) mass is 318 g/mol. The van der Waals surface area contributed by atoms with Crippen LogP contribution in [-0.2, 0) is 26.1 Å². The van der Waals surface area contributed by atoms with Crippen molar-refractivity contribution < 1.29 is 27.9 Å². The minimum atomic E-state index is -4.00. The van der Waals surface area contributed by atoms with Gasteiger partial charge in [-0.3, -0.25) is 4.79 Å². The second-order valence-electron chi connectivity index (χ2n) is 4.43. The molecule has 2 N–H and O–H groups in total. The van der Waals surface area contributed by atoms with Crippen molar-refractivity contribution in [2.75, 3.05) is 7.11 Å². The molecule has 0 spiro atoms. The first-order chi connectivity index (χ1) is 9.72. The number of ether oxygens (including phenoxy) is 1. The van der Waals surface area contributed by atoms with Crippen LogP contribution in [0.15, 0.2) is 17.2 Å². The fourth-order valence-corrected chi connectivity index (χ4v) is 2.99. The molecule has 118 valence electrons. The summed E-state index contributed by atoms with van der Waals surface area (Å²) in [5.74, 6) is -1.95. The highest BCUT2D eigenvalue weighted by atomic mass is 32.2. The molecule has 0 aromatic carbocycles. The molecule has 1 aromatic heterocycles. The second kappa shape index (κ2) is 6.72. The van der Waals surface area contributed by atoms with Gasteiger partial charge in [0, 0.05) is 12.7 Å². The zero-order valence-corrected chi connectivity index (χ0v) is 12.8. The molecule has 1 unspecified atom stereocenters. The van der Waals surface area contributed by atoms with Gasteiger partial charge < -0.3 is 14.4 Å². The number of nitrogens with one attached hydrogen (secondary N) is 1. The third-order valence-electron chi connectivity index (χ3n) is 2.75. The largest absolute Gasteiger partial charge is 0.477 e. The Morgan fingerprint density at radius 3 is 2.57 bits per heavy atom. The highest BCUT2D eigenvalue weighted by molar-refractivity contribution is 7.89. The number of carboxylic acid groups (broad SMARTS) is 1. The van der Waals surface area contributed by atoms with Crippen LogP contribution in [0.2, 0.25) is 0 Å². The molecule has 21 heavy (non-hydrogen) atoms. The lowest BCUT2D eigenvalue weighted by Gasteiger charge is -2.10. The predicted molar refractivity (Wildman–Crippen MR) is 73.5 cm³/mol. The van der Waals surface area contributed by atoms with E-state index in [1.54, 1.807) is 0 Å². The Labute approximate surface area is 122 Å². The number of methoxy groups -OCH3 is 1. The van der Waals surface area contributed by atoms with Gasteiger partial charge in [-0.15, -0.1) is 0 Å². The molecule has 0 bridgehead atoms. The Hall–Kier alpha value is -1.87. The smallest absolute Gasteiger partial charge is 0.352 e. The van der Waals surface area contributed by atoms with Gasteiger partial charge >= 0.3 is 11.9 Å². The summed E-state index contributed by atoms with van der Waals surface area (Å²) >= 11 is 0. The van der Waals surface area contributed by atoms with E-state index >= 15 is 0 Å². The number of sulfonamides is 1. The average Bonchev–Trinajstić information content (AvgIpc) is 2.82. The van der Waals surface area contributed by atoms with Crippen molar-refractivity contribution in [2.45, 2.75) is 37.8 Å². The number of carboxylic acids is 1. The summed E-state index contributed by atoms with van der Waals surface area (Å²) in [5, 5.41) is 9.07. The first kappa shape index (κ1) is 17.2. The lowest BCUT2D eigenvalue weighted by molar-refractivity contribution is -0.142. The molecule has 1 rings (SSSR count). The topological polar surface area (TPSA) is 115 Å². The molecule has 0 aliphatic heterocycles. The molecule has 0 radical (unpaired) electrons. The van der Waals surface area contributed by atoms with Crippen molar-refractivity contribution in [2.24, 2.45) is 0 Å². The number of carbonyl (C=O) groups excluding carboxylic acids is 1. The van der Waals surface area contributed by atoms with E-state index in [1.165, 1.54) is 17.7 Å². The number of aryl methyl sites for hydroxylation is 1. The lowest BCUT2D eigenvalue weighted by Crippen LogP contribution is -2.38. The van der Waals surface area contributed by atoms with Gasteiger partial charge in [-0.1, -0.05) is 6.92 Å². The molecule has 0 saturated heterocycles. The van der Waals surface area contributed by atoms with Crippen molar-refractivity contribution in [3.05, 3.63) is 18.0 Å². The fourth-order valence-electron chi connectivity index (χ4n) is 1.76. The maximum Gasteiger partial charge on any atom is 0.352 e. The summed E-state index contributed by atoms with van der Waals surface area (Å²) < 4.78 is 32.2. The van der Waals surface area contributed by atoms with Gasteiger partial charge in [0.2, 0.25) is 10.0 Å². The third-order valence-corrected chi connectivity index (χ3v) is 4.26. The molecule has 9 heteroatoms. The zero-order chi connectivity index (χ0) is 16.2. The first-order valence-electron chi connectivity index (χ1n) is 6.26. The highest BCUT2D eigenvalue weighted by Gasteiger charge is 2.25. The van der Waals surface area contributed by atoms with Gasteiger partial charge in [-0.25, -0.2) is 13.2 Å². The van der Waals surface area contributed by atoms with E-state index in [9.17, 15) is 18.0 Å². The van der Waals surface area contributed by atoms with E-state index in [0.29, 0.717) is 13.0 Å². The Morgan fingerprint density at radius 1 is 1.48 bits per heavy atom. The molecular weight excluding hydrogens is 300 g/mol. The Bertz CT molecular complexity index is 634. The van der Waals surface area contributed by atoms with Crippen LogP contribution in [0.25, 0.3) is 0 Å². The third kappa shape index (κ3) is 4.05. The molecule has 1 aromatic rings. The van der Waals surface area contributed by atoms with Gasteiger partial charge in [0.25, 0.3) is 0 Å². The standard InChI is InChI=1S/C12H18N2O6S/c1-4-5-14-7-9(6-10(14)11(15)16)21(18,19)13-8(2)12(17)20-3/h6-8,13H,4-5H2,1-3H3,(H,15,16). The fraction of sp³-hybridized carbons (Fsp3) is 0.500. The van der Waals surface area contributed by atoms with Crippen LogP contribution >= 0.6 is 0 Å². The van der Waals surface area contributed by atoms with Crippen LogP contribution < -0.4 is 4.72 Å². The quantitative estimate of drug-likeness (QED) is 0.705. The molecule has 0 fully saturated rings. The number of rotatable bonds is 7. The van der Waals surface area contributed by atoms with E-state index < -0.39 is 28.0 Å². The number of aromatic nitrogens is 1. The van der Waals surface area contributed by atoms with Gasteiger partial charge in [-0.05, 0) is 19.4 Å². The van der Waals surface area contributed by atoms with E-state index in [-0.39, 0.29) is 10.6 Å². The van der Waals surface area contributed by atoms with Crippen molar-refractivity contribution in [3.8, 4) is 0 Å². The summed E-state index contributed by atoms with van der Waals surface area (Å²) in [5.41, 5.74) is -0.122. The Kier molecular flexibility index (Phi) is 5.50. The van der Waals surface area contributed by atoms with Crippen molar-refractivity contribution in [1.82, 2.24) is 9.29 Å². The van der Waals surface area contributed by atoms with Crippen LogP contribution in [0.1, 0.15) is 30.8 Å². The average molecular weight is 318 g/mol. The Balaban J connectivity index is 3.11. The predicted octanol–water partition coefficient (Wildman–Crippen LogP) is 0.436. The highest BCUT2D eigenvalue weighted by Crippen LogP contribution is 2.16. The molecule has 0 aliphatic carbocycles. The molecule has 0 amide bonds. The Morgan fingerprint density at radius 2 is 2.10 bits per heavy atom. The van der Waals surface area contributed by atoms with E-state index in [1.807, 2.05) is 6.92 Å². The number of aromatic carboxylic acids is 1. The zero-order valence-electron chi connectivity index (χ0n) is 12.0. The number of hydrogen-bond acceptors (Lipinski definition) is 5. The van der Waals surface area contributed by atoms with Crippen LogP contribution in [0, 0.1) is 0 Å². The second-order valence-corrected chi connectivity index (χ2v) is 6.14. The molecule has 0 aliphatic rings. The van der Waals surface area contributed by atoms with E-state index in [2.05, 4.69) is 9.46 Å². The van der Waals surface area contributed by atoms with Gasteiger partial charge in [-0.2, -0.15) is 4.72 Å². The van der Waals surface area contributed by atoms with Crippen molar-refractivity contribution in [1.29, 1.82) is 0 Å². The molecule has 8 nitrogen and oxygen atoms in total. The van der Waals surface area contributed by atoms with Crippen LogP contribution in [0.5, 0.6) is 0 Å². The summed E-state index contributed by atoms with van der Waals surface area (Å²) in [6.45, 7) is 3.56. The number of esters is 1. The molecular formula is C12H18N2O6S. The first-order valence-corrected chi connectivity index (χ1v) is 7.74. The number of carbonyl (C=O) groups is 2. The summed E-state index contributed by atoms with van der Waals surface area (Å²) in [4.78, 5) is 22.2. The van der Waals surface area contributed by atoms with Gasteiger partial charge in [0.1, 0.15) is 16.6 Å². The lowest BCUT2D eigenvalue weighted by atomic mass is 10.4. The summed E-state index contributed by atoms with van der Waals surface area (Å²) in [6, 6.07) is -0.00700. The minimum absolute atomic E-state index is 0.122. The van der Waals surface area contributed by atoms with Gasteiger partial charge in [0.05, 0.1) is 7.11 Å².